The number of aromatic nitrogens is 12. The van der Waals surface area contributed by atoms with E-state index in [1.165, 1.54) is 23.5 Å². The fourth-order valence-electron chi connectivity index (χ4n) is 18.1. The number of methoxy groups -OCH3 is 3. The predicted molar refractivity (Wildman–Crippen MR) is 420 cm³/mol. The molecule has 15 heterocycles. The molecule has 27 heteroatoms. The van der Waals surface area contributed by atoms with Crippen LogP contribution in [0.3, 0.4) is 0 Å². The summed E-state index contributed by atoms with van der Waals surface area (Å²) in [6.07, 6.45) is 27.3. The van der Waals surface area contributed by atoms with Gasteiger partial charge in [0.15, 0.2) is 0 Å². The highest BCUT2D eigenvalue weighted by Gasteiger charge is 2.50. The summed E-state index contributed by atoms with van der Waals surface area (Å²) >= 11 is 0. The second-order valence-electron chi connectivity index (χ2n) is 32.9. The van der Waals surface area contributed by atoms with Gasteiger partial charge in [0.2, 0.25) is 17.8 Å². The summed E-state index contributed by atoms with van der Waals surface area (Å²) in [5.41, 5.74) is 14.1. The van der Waals surface area contributed by atoms with E-state index in [0.29, 0.717) is 66.2 Å². The molecular formula is C82H110N18O9. The van der Waals surface area contributed by atoms with Crippen molar-refractivity contribution in [2.24, 2.45) is 10.8 Å². The molecule has 0 amide bonds. The van der Waals surface area contributed by atoms with E-state index in [1.54, 1.807) is 21.3 Å². The molecule has 0 bridgehead atoms. The smallest absolute Gasteiger partial charge is 0.241 e. The maximum atomic E-state index is 10.1. The van der Waals surface area contributed by atoms with Crippen LogP contribution in [0.15, 0.2) is 91.8 Å². The molecule has 3 saturated carbocycles. The second-order valence-corrected chi connectivity index (χ2v) is 32.9. The Labute approximate surface area is 638 Å². The third-order valence-electron chi connectivity index (χ3n) is 24.6. The molecule has 0 aromatic carbocycles. The molecule has 0 unspecified atom stereocenters. The average molecular weight is 1490 g/mol. The van der Waals surface area contributed by atoms with E-state index in [4.69, 9.17) is 53.7 Å². The molecule has 9 aromatic rings. The van der Waals surface area contributed by atoms with Gasteiger partial charge in [0.25, 0.3) is 0 Å². The summed E-state index contributed by atoms with van der Waals surface area (Å²) in [7, 11) is 5.09. The van der Waals surface area contributed by atoms with Gasteiger partial charge >= 0.3 is 0 Å². The van der Waals surface area contributed by atoms with Crippen LogP contribution in [0.2, 0.25) is 0 Å². The van der Waals surface area contributed by atoms with Crippen LogP contribution in [0, 0.1) is 10.8 Å². The van der Waals surface area contributed by atoms with Gasteiger partial charge in [0.05, 0.1) is 117 Å². The number of aliphatic hydroxyl groups excluding tert-OH is 3. The fraction of sp³-hybridized carbons (Fsp3) is 0.598. The van der Waals surface area contributed by atoms with Crippen LogP contribution in [-0.4, -0.2) is 230 Å². The Balaban J connectivity index is 0.000000125. The zero-order valence-electron chi connectivity index (χ0n) is 64.3. The first-order chi connectivity index (χ1) is 53.1. The van der Waals surface area contributed by atoms with Crippen LogP contribution >= 0.6 is 0 Å². The number of nitrogens with zero attached hydrogens (tertiary/aromatic N) is 15. The minimum atomic E-state index is -0.194. The zero-order valence-corrected chi connectivity index (χ0v) is 64.3. The highest BCUT2D eigenvalue weighted by molar-refractivity contribution is 5.85. The summed E-state index contributed by atoms with van der Waals surface area (Å²) in [5.74, 6) is 5.89. The molecule has 9 aromatic heterocycles. The topological polar surface area (TPSA) is 291 Å². The average Bonchev–Trinajstić information content (AvgIpc) is 1.65. The summed E-state index contributed by atoms with van der Waals surface area (Å²) in [5, 5.41) is 55.0. The van der Waals surface area contributed by atoms with Crippen LogP contribution in [-0.2, 0) is 28.4 Å². The second kappa shape index (κ2) is 32.6. The van der Waals surface area contributed by atoms with Gasteiger partial charge in [-0.2, -0.15) is 0 Å². The Kier molecular flexibility index (Phi) is 22.4. The van der Waals surface area contributed by atoms with Crippen molar-refractivity contribution in [3.05, 3.63) is 109 Å². The van der Waals surface area contributed by atoms with Crippen molar-refractivity contribution in [1.82, 2.24) is 58.7 Å². The number of hydrogen-bond donors (Lipinski definition) is 6. The zero-order chi connectivity index (χ0) is 74.8. The fourth-order valence-corrected chi connectivity index (χ4v) is 18.1. The number of pyridine rings is 3. The third-order valence-corrected chi connectivity index (χ3v) is 24.6. The normalized spacial score (nSPS) is 24.2. The van der Waals surface area contributed by atoms with E-state index in [0.717, 1.165) is 242 Å². The number of ether oxygens (including phenoxy) is 6. The van der Waals surface area contributed by atoms with Crippen LogP contribution in [0.5, 0.6) is 0 Å². The maximum absolute atomic E-state index is 10.1. The molecule has 3 spiro atoms. The van der Waals surface area contributed by atoms with Crippen molar-refractivity contribution in [2.75, 3.05) is 144 Å². The van der Waals surface area contributed by atoms with E-state index >= 15 is 0 Å². The van der Waals surface area contributed by atoms with E-state index in [9.17, 15) is 15.3 Å². The summed E-state index contributed by atoms with van der Waals surface area (Å²) < 4.78 is 38.8. The van der Waals surface area contributed by atoms with E-state index in [1.807, 2.05) is 37.2 Å². The molecule has 0 radical (unpaired) electrons. The lowest BCUT2D eigenvalue weighted by molar-refractivity contribution is -0.158. The first-order valence-electron chi connectivity index (χ1n) is 40.0. The van der Waals surface area contributed by atoms with Gasteiger partial charge in [0.1, 0.15) is 17.5 Å². The van der Waals surface area contributed by atoms with Gasteiger partial charge < -0.3 is 74.4 Å². The van der Waals surface area contributed by atoms with Gasteiger partial charge in [0, 0.05) is 154 Å². The van der Waals surface area contributed by atoms with Crippen molar-refractivity contribution < 1.29 is 43.7 Å². The number of fused-ring (bicyclic) bond motifs is 3. The largest absolute Gasteiger partial charge is 0.393 e. The van der Waals surface area contributed by atoms with Crippen LogP contribution in [0.4, 0.5) is 35.3 Å². The van der Waals surface area contributed by atoms with E-state index in [-0.39, 0.29) is 42.0 Å². The Hall–Kier alpha value is -8.25. The summed E-state index contributed by atoms with van der Waals surface area (Å²) in [4.78, 5) is 35.2. The first kappa shape index (κ1) is 74.8. The highest BCUT2D eigenvalue weighted by Crippen LogP contribution is 2.46. The van der Waals surface area contributed by atoms with Crippen molar-refractivity contribution in [1.29, 1.82) is 0 Å². The van der Waals surface area contributed by atoms with Crippen molar-refractivity contribution in [3.8, 4) is 33.4 Å². The van der Waals surface area contributed by atoms with E-state index in [2.05, 4.69) is 140 Å². The lowest BCUT2D eigenvalue weighted by Crippen LogP contribution is -2.66. The number of aliphatic hydroxyl groups is 3. The number of nitrogens with one attached hydrogen (secondary N) is 3. The van der Waals surface area contributed by atoms with Gasteiger partial charge in [-0.3, -0.25) is 0 Å². The molecule has 3 atom stereocenters. The Morgan fingerprint density at radius 3 is 1.06 bits per heavy atom. The van der Waals surface area contributed by atoms with E-state index < -0.39 is 0 Å². The monoisotopic (exact) mass is 1490 g/mol. The molecule has 6 saturated heterocycles. The molecule has 9 fully saturated rings. The molecular weight excluding hydrogens is 1380 g/mol. The molecule has 6 aliphatic heterocycles. The maximum Gasteiger partial charge on any atom is 0.241 e. The lowest BCUT2D eigenvalue weighted by Gasteiger charge is -2.55. The molecule has 9 aliphatic rings. The van der Waals surface area contributed by atoms with Crippen LogP contribution in [0.1, 0.15) is 165 Å². The minimum Gasteiger partial charge on any atom is -0.393 e. The van der Waals surface area contributed by atoms with Gasteiger partial charge in [-0.1, -0.05) is 0 Å². The van der Waals surface area contributed by atoms with Crippen molar-refractivity contribution in [2.45, 2.75) is 190 Å². The van der Waals surface area contributed by atoms with Crippen molar-refractivity contribution in [3.63, 3.8) is 0 Å². The highest BCUT2D eigenvalue weighted by atomic mass is 16.5. The predicted octanol–water partition coefficient (Wildman–Crippen LogP) is 11.0. The van der Waals surface area contributed by atoms with Crippen LogP contribution < -0.4 is 30.7 Å². The first-order valence-corrected chi connectivity index (χ1v) is 40.0. The summed E-state index contributed by atoms with van der Waals surface area (Å²) in [6.45, 7) is 18.3. The number of anilines is 6. The standard InChI is InChI=1S/2C28H38N6O3.C26H34N6O3/c1-19(18-36-2)31-27-30-17-25-23(16-24(34(25)32-27)20-3-5-22(35)6-4-20)21-7-11-29-26(15-21)33-12-8-28(9-13-33)10-14-37-28;1-19(16-36-2)31-27-30-15-25-23(14-24(34(25)32-27)20-3-5-22(35)6-4-20)21-7-10-29-26(13-21)33-11-8-28(9-12-33)17-37-18-28;1-17(12-34-2)29-25-28-11-23-21(10-22(32(23)30-25)18-3-5-20(33)6-4-18)19-7-8-27-24(9-19)31-13-26(14-31)15-35-16-26/h7,11,15-17,19-20,22,35H,3-6,8-10,12-14,18H2,1-2H3,(H,31,32);7,10,13-15,19-20,22,35H,3-6,8-9,11-12,16-18H2,1-2H3,(H,31,32);7-11,17-18,20,33H,3-6,12-16H2,1-2H3,(H,29,30)/t2*19-,20?,22?;17-,18?,20?/m000/s1. The van der Waals surface area contributed by atoms with Gasteiger partial charge in [-0.15, -0.1) is 15.3 Å². The number of hydrogen-bond acceptors (Lipinski definition) is 24. The molecule has 27 nitrogen and oxygen atoms in total. The Bertz CT molecular complexity index is 4350. The molecule has 109 heavy (non-hydrogen) atoms. The number of piperidine rings is 2. The molecule has 582 valence electrons. The van der Waals surface area contributed by atoms with Crippen molar-refractivity contribution >= 4 is 51.8 Å². The third kappa shape index (κ3) is 16.3. The van der Waals surface area contributed by atoms with Gasteiger partial charge in [-0.25, -0.2) is 43.5 Å². The molecule has 18 rings (SSSR count). The Morgan fingerprint density at radius 2 is 0.761 bits per heavy atom. The quantitative estimate of drug-likeness (QED) is 0.0390. The Morgan fingerprint density at radius 1 is 0.431 bits per heavy atom. The van der Waals surface area contributed by atoms with Crippen LogP contribution in [0.25, 0.3) is 49.9 Å². The number of rotatable bonds is 21. The molecule has 6 N–H and O–H groups in total. The molecule has 3 aliphatic carbocycles. The SMILES string of the molecule is COC[C@H](C)Nc1ncc2c(-c3ccnc(N4CC5(COC5)C4)c3)cc(C3CCC(O)CC3)n2n1.COC[C@H](C)Nc1ncc2c(-c3ccnc(N4CCC5(CC4)COC5)c3)cc(C3CCC(O)CC3)n2n1.COC[C@H](C)Nc1ncc2c(-c3ccnc(N4CCC5(CCO5)CC4)c3)cc(C3CCC(O)CC3)n2n1. The summed E-state index contributed by atoms with van der Waals surface area (Å²) in [6, 6.07) is 20.0. The van der Waals surface area contributed by atoms with Gasteiger partial charge in [-0.05, 0) is 201 Å². The lowest BCUT2D eigenvalue weighted by atomic mass is 9.77. The minimum absolute atomic E-state index is 0.0996.